The molecule has 0 aromatic carbocycles. The van der Waals surface area contributed by atoms with Crippen molar-refractivity contribution in [2.75, 3.05) is 6.54 Å². The van der Waals surface area contributed by atoms with E-state index in [2.05, 4.69) is 14.9 Å². The zero-order chi connectivity index (χ0) is 20.6. The van der Waals surface area contributed by atoms with Crippen molar-refractivity contribution in [3.05, 3.63) is 28.8 Å². The summed E-state index contributed by atoms with van der Waals surface area (Å²) in [6, 6.07) is 0.975. The first kappa shape index (κ1) is 21.4. The summed E-state index contributed by atoms with van der Waals surface area (Å²) in [5, 5.41) is 7.77. The summed E-state index contributed by atoms with van der Waals surface area (Å²) in [5.41, 5.74) is 0.374. The van der Waals surface area contributed by atoms with Crippen molar-refractivity contribution >= 4 is 10.0 Å². The van der Waals surface area contributed by atoms with Gasteiger partial charge in [-0.15, -0.1) is 0 Å². The topological polar surface area (TPSA) is 81.8 Å². The minimum absolute atomic E-state index is 0.0686. The fourth-order valence-corrected chi connectivity index (χ4v) is 4.47. The van der Waals surface area contributed by atoms with Crippen LogP contribution >= 0.6 is 0 Å². The first-order chi connectivity index (χ1) is 12.4. The van der Waals surface area contributed by atoms with Crippen LogP contribution in [0.1, 0.15) is 36.6 Å². The molecular formula is C16H24F3N5O2S. The van der Waals surface area contributed by atoms with Crippen molar-refractivity contribution in [3.8, 4) is 0 Å². The van der Waals surface area contributed by atoms with Gasteiger partial charge in [0.05, 0.1) is 11.4 Å². The van der Waals surface area contributed by atoms with Gasteiger partial charge in [-0.25, -0.2) is 13.1 Å². The summed E-state index contributed by atoms with van der Waals surface area (Å²) >= 11 is 0. The molecule has 11 heteroatoms. The number of nitrogens with zero attached hydrogens (tertiary/aromatic N) is 4. The smallest absolute Gasteiger partial charge is 0.269 e. The van der Waals surface area contributed by atoms with Crippen molar-refractivity contribution in [1.82, 2.24) is 24.3 Å². The SMILES string of the molecule is CCn1nc(C)c(S(=O)(=O)NC[C@@H](C)Cn2nc(C(F)(F)F)cc2C)c1C. The van der Waals surface area contributed by atoms with E-state index in [1.165, 1.54) is 11.6 Å². The summed E-state index contributed by atoms with van der Waals surface area (Å²) < 4.78 is 68.9. The molecule has 2 heterocycles. The maximum absolute atomic E-state index is 12.7. The lowest BCUT2D eigenvalue weighted by atomic mass is 10.2. The number of aromatic nitrogens is 4. The van der Waals surface area contributed by atoms with Gasteiger partial charge in [-0.2, -0.15) is 23.4 Å². The van der Waals surface area contributed by atoms with Crippen molar-refractivity contribution in [2.24, 2.45) is 5.92 Å². The molecule has 2 aromatic rings. The highest BCUT2D eigenvalue weighted by Crippen LogP contribution is 2.28. The second-order valence-electron chi connectivity index (χ2n) is 6.62. The number of sulfonamides is 1. The fraction of sp³-hybridized carbons (Fsp3) is 0.625. The predicted molar refractivity (Wildman–Crippen MR) is 93.7 cm³/mol. The third-order valence-corrected chi connectivity index (χ3v) is 5.94. The molecule has 0 aliphatic rings. The van der Waals surface area contributed by atoms with Crippen molar-refractivity contribution in [3.63, 3.8) is 0 Å². The zero-order valence-corrected chi connectivity index (χ0v) is 16.7. The Bertz CT molecular complexity index is 915. The van der Waals surface area contributed by atoms with Gasteiger partial charge in [-0.3, -0.25) is 9.36 Å². The lowest BCUT2D eigenvalue weighted by molar-refractivity contribution is -0.141. The van der Waals surface area contributed by atoms with Crippen LogP contribution in [0.4, 0.5) is 13.2 Å². The number of hydrogen-bond donors (Lipinski definition) is 1. The Kier molecular flexibility index (Phi) is 6.05. The Hall–Kier alpha value is -1.88. The largest absolute Gasteiger partial charge is 0.435 e. The van der Waals surface area contributed by atoms with E-state index in [0.29, 0.717) is 23.6 Å². The standard InChI is InChI=1S/C16H24F3N5O2S/c1-6-23-13(5)15(12(4)21-23)27(25,26)20-8-10(2)9-24-11(3)7-14(22-24)16(17,18)19/h7,10,20H,6,8-9H2,1-5H3/t10-/m1/s1. The minimum Gasteiger partial charge on any atom is -0.269 e. The van der Waals surface area contributed by atoms with Gasteiger partial charge in [0.1, 0.15) is 4.90 Å². The minimum atomic E-state index is -4.50. The van der Waals surface area contributed by atoms with Crippen LogP contribution in [0.3, 0.4) is 0 Å². The molecule has 0 unspecified atom stereocenters. The third kappa shape index (κ3) is 4.70. The second kappa shape index (κ2) is 7.63. The number of aryl methyl sites for hydroxylation is 3. The van der Waals surface area contributed by atoms with Gasteiger partial charge in [0.25, 0.3) is 0 Å². The maximum atomic E-state index is 12.7. The summed E-state index contributed by atoms with van der Waals surface area (Å²) in [6.45, 7) is 9.24. The third-order valence-electron chi connectivity index (χ3n) is 4.26. The van der Waals surface area contributed by atoms with E-state index in [1.54, 1.807) is 25.5 Å². The van der Waals surface area contributed by atoms with E-state index >= 15 is 0 Å². The summed E-state index contributed by atoms with van der Waals surface area (Å²) in [5.74, 6) is -0.263. The van der Waals surface area contributed by atoms with Gasteiger partial charge in [-0.1, -0.05) is 6.92 Å². The Morgan fingerprint density at radius 2 is 1.81 bits per heavy atom. The Morgan fingerprint density at radius 1 is 1.19 bits per heavy atom. The second-order valence-corrected chi connectivity index (χ2v) is 8.33. The average molecular weight is 407 g/mol. The fourth-order valence-electron chi connectivity index (χ4n) is 2.89. The molecule has 2 rings (SSSR count). The lowest BCUT2D eigenvalue weighted by Crippen LogP contribution is -2.31. The molecule has 152 valence electrons. The van der Waals surface area contributed by atoms with Gasteiger partial charge in [0.15, 0.2) is 5.69 Å². The van der Waals surface area contributed by atoms with Gasteiger partial charge >= 0.3 is 6.18 Å². The van der Waals surface area contributed by atoms with Gasteiger partial charge in [0.2, 0.25) is 10.0 Å². The molecule has 0 fully saturated rings. The Balaban J connectivity index is 2.08. The normalized spacial score (nSPS) is 13.9. The van der Waals surface area contributed by atoms with Crippen molar-refractivity contribution in [2.45, 2.75) is 58.8 Å². The summed E-state index contributed by atoms with van der Waals surface area (Å²) in [6.07, 6.45) is -4.50. The number of halogens is 3. The molecule has 1 atom stereocenters. The van der Waals surface area contributed by atoms with E-state index in [1.807, 2.05) is 6.92 Å². The molecule has 27 heavy (non-hydrogen) atoms. The van der Waals surface area contributed by atoms with Crippen LogP contribution in [0.5, 0.6) is 0 Å². The number of hydrogen-bond acceptors (Lipinski definition) is 4. The van der Waals surface area contributed by atoms with Crippen LogP contribution in [0.2, 0.25) is 0 Å². The molecule has 0 saturated carbocycles. The number of nitrogens with one attached hydrogen (secondary N) is 1. The van der Waals surface area contributed by atoms with Crippen molar-refractivity contribution in [1.29, 1.82) is 0 Å². The molecule has 0 radical (unpaired) electrons. The van der Waals surface area contributed by atoms with Gasteiger partial charge in [-0.05, 0) is 39.7 Å². The molecule has 2 aromatic heterocycles. The first-order valence-electron chi connectivity index (χ1n) is 8.52. The van der Waals surface area contributed by atoms with Crippen LogP contribution in [-0.4, -0.2) is 34.5 Å². The number of rotatable bonds is 7. The van der Waals surface area contributed by atoms with Crippen molar-refractivity contribution < 1.29 is 21.6 Å². The maximum Gasteiger partial charge on any atom is 0.435 e. The van der Waals surface area contributed by atoms with Gasteiger partial charge < -0.3 is 0 Å². The molecule has 0 saturated heterocycles. The van der Waals surface area contributed by atoms with Crippen LogP contribution in [-0.2, 0) is 29.3 Å². The van der Waals surface area contributed by atoms with Gasteiger partial charge in [0, 0.05) is 25.3 Å². The Morgan fingerprint density at radius 3 is 2.30 bits per heavy atom. The molecule has 0 spiro atoms. The number of alkyl halides is 3. The van der Waals surface area contributed by atoms with E-state index in [-0.39, 0.29) is 23.9 Å². The van der Waals surface area contributed by atoms with E-state index in [4.69, 9.17) is 0 Å². The molecule has 0 aliphatic carbocycles. The first-order valence-corrected chi connectivity index (χ1v) is 10.0. The van der Waals surface area contributed by atoms with E-state index in [9.17, 15) is 21.6 Å². The molecule has 0 aliphatic heterocycles. The molecule has 0 amide bonds. The lowest BCUT2D eigenvalue weighted by Gasteiger charge is -2.14. The Labute approximate surface area is 156 Å². The highest BCUT2D eigenvalue weighted by atomic mass is 32.2. The van der Waals surface area contributed by atoms with Crippen LogP contribution < -0.4 is 4.72 Å². The average Bonchev–Trinajstić information content (AvgIpc) is 3.05. The van der Waals surface area contributed by atoms with Crippen LogP contribution in [0.25, 0.3) is 0 Å². The van der Waals surface area contributed by atoms with E-state index in [0.717, 1.165) is 6.07 Å². The molecule has 1 N–H and O–H groups in total. The highest BCUT2D eigenvalue weighted by Gasteiger charge is 2.34. The highest BCUT2D eigenvalue weighted by molar-refractivity contribution is 7.89. The predicted octanol–water partition coefficient (Wildman–Crippen LogP) is 2.66. The zero-order valence-electron chi connectivity index (χ0n) is 15.9. The quantitative estimate of drug-likeness (QED) is 0.765. The molecular weight excluding hydrogens is 383 g/mol. The van der Waals surface area contributed by atoms with E-state index < -0.39 is 21.9 Å². The van der Waals surface area contributed by atoms with Crippen LogP contribution in [0.15, 0.2) is 11.0 Å². The molecule has 0 bridgehead atoms. The summed E-state index contributed by atoms with van der Waals surface area (Å²) in [7, 11) is -3.77. The monoisotopic (exact) mass is 407 g/mol. The van der Waals surface area contributed by atoms with Crippen LogP contribution in [0, 0.1) is 26.7 Å². The molecule has 7 nitrogen and oxygen atoms in total. The summed E-state index contributed by atoms with van der Waals surface area (Å²) in [4.78, 5) is 0.145.